The lowest BCUT2D eigenvalue weighted by molar-refractivity contribution is 0.388. The van der Waals surface area contributed by atoms with Crippen molar-refractivity contribution in [2.24, 2.45) is 0 Å². The number of aryl methyl sites for hydroxylation is 2. The maximum atomic E-state index is 13.0. The van der Waals surface area contributed by atoms with Gasteiger partial charge < -0.3 is 0 Å². The molecule has 8 heteroatoms. The van der Waals surface area contributed by atoms with E-state index in [-0.39, 0.29) is 22.9 Å². The predicted molar refractivity (Wildman–Crippen MR) is 118 cm³/mol. The molecule has 0 aliphatic carbocycles. The Hall–Kier alpha value is -2.00. The molecule has 0 radical (unpaired) electrons. The van der Waals surface area contributed by atoms with Crippen LogP contribution in [-0.4, -0.2) is 51.6 Å². The zero-order valence-corrected chi connectivity index (χ0v) is 19.0. The van der Waals surface area contributed by atoms with Crippen LogP contribution in [0.4, 0.5) is 0 Å². The van der Waals surface area contributed by atoms with E-state index in [2.05, 4.69) is 0 Å². The van der Waals surface area contributed by atoms with E-state index in [1.54, 1.807) is 60.7 Å². The third-order valence-electron chi connectivity index (χ3n) is 5.17. The quantitative estimate of drug-likeness (QED) is 0.673. The maximum Gasteiger partial charge on any atom is 0.243 e. The second-order valence-corrected chi connectivity index (χ2v) is 11.4. The van der Waals surface area contributed by atoms with E-state index in [1.165, 1.54) is 8.61 Å². The van der Waals surface area contributed by atoms with Gasteiger partial charge in [-0.25, -0.2) is 16.8 Å². The molecule has 0 spiro atoms. The van der Waals surface area contributed by atoms with Gasteiger partial charge in [0.2, 0.25) is 20.0 Å². The van der Waals surface area contributed by atoms with E-state index >= 15 is 0 Å². The summed E-state index contributed by atoms with van der Waals surface area (Å²) in [5.74, 6) is 0. The van der Waals surface area contributed by atoms with Gasteiger partial charge in [0.1, 0.15) is 0 Å². The molecule has 0 amide bonds. The van der Waals surface area contributed by atoms with Crippen LogP contribution in [-0.2, 0) is 20.0 Å². The Balaban J connectivity index is 1.76. The maximum absolute atomic E-state index is 13.0. The molecular weight excluding hydrogens is 420 g/mol. The molecule has 1 aliphatic heterocycles. The van der Waals surface area contributed by atoms with Crippen LogP contribution in [0, 0.1) is 13.8 Å². The van der Waals surface area contributed by atoms with Crippen LogP contribution in [0.5, 0.6) is 0 Å². The van der Waals surface area contributed by atoms with Gasteiger partial charge in [-0.3, -0.25) is 0 Å². The first-order chi connectivity index (χ1) is 14.2. The lowest BCUT2D eigenvalue weighted by Crippen LogP contribution is -2.36. The highest BCUT2D eigenvalue weighted by atomic mass is 32.2. The zero-order chi connectivity index (χ0) is 21.8. The van der Waals surface area contributed by atoms with E-state index in [1.807, 2.05) is 13.8 Å². The Morgan fingerprint density at radius 2 is 0.933 bits per heavy atom. The fraction of sp³-hybridized carbons (Fsp3) is 0.364. The molecule has 0 bridgehead atoms. The first-order valence-electron chi connectivity index (χ1n) is 10.00. The highest BCUT2D eigenvalue weighted by Crippen LogP contribution is 2.20. The van der Waals surface area contributed by atoms with Crippen LogP contribution in [0.1, 0.15) is 24.0 Å². The zero-order valence-electron chi connectivity index (χ0n) is 17.4. The summed E-state index contributed by atoms with van der Waals surface area (Å²) in [7, 11) is -7.17. The largest absolute Gasteiger partial charge is 0.243 e. The fourth-order valence-electron chi connectivity index (χ4n) is 3.30. The lowest BCUT2D eigenvalue weighted by atomic mass is 10.2. The van der Waals surface area contributed by atoms with Crippen LogP contribution >= 0.6 is 0 Å². The van der Waals surface area contributed by atoms with Crippen molar-refractivity contribution in [3.63, 3.8) is 0 Å². The van der Waals surface area contributed by atoms with E-state index < -0.39 is 20.0 Å². The second kappa shape index (κ2) is 9.43. The standard InChI is InChI=1S/C22H28N2O4S2/c1-19-7-11-21(12-8-19)29(25,26)23-15-3-5-17-24(18-6-4-16-23)30(27,28)22-13-9-20(2)10-14-22/h3,5,7-14H,4,6,15-18H2,1-2H3/b5-3-. The number of nitrogens with zero attached hydrogens (tertiary/aromatic N) is 2. The first-order valence-corrected chi connectivity index (χ1v) is 12.9. The molecule has 0 N–H and O–H groups in total. The van der Waals surface area contributed by atoms with Crippen molar-refractivity contribution in [3.8, 4) is 0 Å². The molecule has 3 rings (SSSR count). The van der Waals surface area contributed by atoms with Crippen molar-refractivity contribution in [1.29, 1.82) is 0 Å². The Morgan fingerprint density at radius 3 is 1.27 bits per heavy atom. The number of benzene rings is 2. The van der Waals surface area contributed by atoms with Gasteiger partial charge in [0.25, 0.3) is 0 Å². The van der Waals surface area contributed by atoms with Gasteiger partial charge in [-0.15, -0.1) is 0 Å². The Morgan fingerprint density at radius 1 is 0.600 bits per heavy atom. The summed E-state index contributed by atoms with van der Waals surface area (Å²) in [4.78, 5) is 0.560. The van der Waals surface area contributed by atoms with Gasteiger partial charge in [0.05, 0.1) is 9.79 Å². The van der Waals surface area contributed by atoms with Gasteiger partial charge in [0.15, 0.2) is 0 Å². The van der Waals surface area contributed by atoms with Crippen molar-refractivity contribution in [1.82, 2.24) is 8.61 Å². The van der Waals surface area contributed by atoms with Crippen LogP contribution in [0.2, 0.25) is 0 Å². The molecule has 1 aliphatic rings. The summed E-state index contributed by atoms with van der Waals surface area (Å²) in [6, 6.07) is 13.7. The van der Waals surface area contributed by atoms with E-state index in [4.69, 9.17) is 0 Å². The monoisotopic (exact) mass is 448 g/mol. The second-order valence-electron chi connectivity index (χ2n) is 7.53. The highest BCUT2D eigenvalue weighted by Gasteiger charge is 2.26. The van der Waals surface area contributed by atoms with E-state index in [0.717, 1.165) is 11.1 Å². The molecular formula is C22H28N2O4S2. The van der Waals surface area contributed by atoms with E-state index in [9.17, 15) is 16.8 Å². The molecule has 0 unspecified atom stereocenters. The van der Waals surface area contributed by atoms with Gasteiger partial charge in [-0.2, -0.15) is 8.61 Å². The van der Waals surface area contributed by atoms with Crippen molar-refractivity contribution >= 4 is 20.0 Å². The topological polar surface area (TPSA) is 74.8 Å². The first kappa shape index (κ1) is 22.7. The molecule has 2 aromatic rings. The highest BCUT2D eigenvalue weighted by molar-refractivity contribution is 7.89. The van der Waals surface area contributed by atoms with Crippen molar-refractivity contribution in [2.45, 2.75) is 36.5 Å². The van der Waals surface area contributed by atoms with Crippen LogP contribution in [0.3, 0.4) is 0 Å². The SMILES string of the molecule is Cc1ccc(S(=O)(=O)N2C/C=C\CN(S(=O)(=O)c3ccc(C)cc3)CCCC2)cc1. The van der Waals surface area contributed by atoms with Crippen LogP contribution in [0.25, 0.3) is 0 Å². The molecule has 30 heavy (non-hydrogen) atoms. The smallest absolute Gasteiger partial charge is 0.207 e. The molecule has 0 aromatic heterocycles. The lowest BCUT2D eigenvalue weighted by Gasteiger charge is -2.25. The van der Waals surface area contributed by atoms with Crippen molar-refractivity contribution in [3.05, 3.63) is 71.8 Å². The number of hydrogen-bond acceptors (Lipinski definition) is 4. The van der Waals surface area contributed by atoms with Gasteiger partial charge >= 0.3 is 0 Å². The predicted octanol–water partition coefficient (Wildman–Crippen LogP) is 3.34. The molecule has 0 saturated heterocycles. The third-order valence-corrected chi connectivity index (χ3v) is 8.93. The fourth-order valence-corrected chi connectivity index (χ4v) is 6.16. The summed E-state index contributed by atoms with van der Waals surface area (Å²) < 4.78 is 54.8. The molecule has 0 fully saturated rings. The average molecular weight is 449 g/mol. The Labute approximate surface area is 179 Å². The van der Waals surface area contributed by atoms with Gasteiger partial charge in [-0.1, -0.05) is 47.5 Å². The summed E-state index contributed by atoms with van der Waals surface area (Å²) in [6.07, 6.45) is 4.63. The molecule has 6 nitrogen and oxygen atoms in total. The van der Waals surface area contributed by atoms with Crippen LogP contribution in [0.15, 0.2) is 70.5 Å². The molecule has 1 heterocycles. The number of rotatable bonds is 4. The Bertz CT molecular complexity index is 1000. The minimum absolute atomic E-state index is 0.217. The summed E-state index contributed by atoms with van der Waals surface area (Å²) >= 11 is 0. The summed E-state index contributed by atoms with van der Waals surface area (Å²) in [5.41, 5.74) is 2.01. The minimum Gasteiger partial charge on any atom is -0.207 e. The van der Waals surface area contributed by atoms with Crippen LogP contribution < -0.4 is 0 Å². The Kier molecular flexibility index (Phi) is 7.13. The number of hydrogen-bond donors (Lipinski definition) is 0. The average Bonchev–Trinajstić information content (AvgIpc) is 2.72. The molecule has 162 valence electrons. The third kappa shape index (κ3) is 5.18. The molecule has 0 atom stereocenters. The van der Waals surface area contributed by atoms with Gasteiger partial charge in [-0.05, 0) is 51.0 Å². The van der Waals surface area contributed by atoms with Crippen molar-refractivity contribution in [2.75, 3.05) is 26.2 Å². The van der Waals surface area contributed by atoms with E-state index in [0.29, 0.717) is 25.9 Å². The van der Waals surface area contributed by atoms with Gasteiger partial charge in [0, 0.05) is 26.2 Å². The number of sulfonamides is 2. The minimum atomic E-state index is -3.59. The van der Waals surface area contributed by atoms with Crippen molar-refractivity contribution < 1.29 is 16.8 Å². The summed E-state index contributed by atoms with van der Waals surface area (Å²) in [5, 5.41) is 0. The summed E-state index contributed by atoms with van der Waals surface area (Å²) in [6.45, 7) is 4.96. The molecule has 0 saturated carbocycles. The normalized spacial score (nSPS) is 18.7. The molecule has 2 aromatic carbocycles.